The van der Waals surface area contributed by atoms with Crippen molar-refractivity contribution < 1.29 is 9.53 Å². The Morgan fingerprint density at radius 3 is 2.81 bits per heavy atom. The van der Waals surface area contributed by atoms with Gasteiger partial charge in [-0.3, -0.25) is 0 Å². The predicted octanol–water partition coefficient (Wildman–Crippen LogP) is 3.43. The zero-order valence-corrected chi connectivity index (χ0v) is 16.6. The number of H-pyrrole nitrogens is 1. The molecule has 7 heteroatoms. The molecule has 3 atom stereocenters. The standard InChI is InChI=1S/C20H29N5O2/c1-20(2,3)27-19(26)25-10-13-5-6-15(9-14(13)11-25)24(4)18-16-7-8-21-17(16)22-12-23-18/h7-8,12-15H,5-6,9-11H2,1-4H3,(H,21,22,23)/t13-,14-,15?/m0/s1. The first-order valence-electron chi connectivity index (χ1n) is 9.80. The predicted molar refractivity (Wildman–Crippen MR) is 105 cm³/mol. The summed E-state index contributed by atoms with van der Waals surface area (Å²) < 4.78 is 5.57. The van der Waals surface area contributed by atoms with E-state index in [0.717, 1.165) is 49.2 Å². The third kappa shape index (κ3) is 3.59. The highest BCUT2D eigenvalue weighted by Crippen LogP contribution is 2.39. The zero-order valence-electron chi connectivity index (χ0n) is 16.6. The minimum atomic E-state index is -0.442. The van der Waals surface area contributed by atoms with E-state index in [1.807, 2.05) is 37.9 Å². The number of fused-ring (bicyclic) bond motifs is 2. The van der Waals surface area contributed by atoms with Gasteiger partial charge in [0.1, 0.15) is 23.4 Å². The fourth-order valence-corrected chi connectivity index (χ4v) is 4.55. The van der Waals surface area contributed by atoms with E-state index >= 15 is 0 Å². The number of anilines is 1. The normalized spacial score (nSPS) is 25.5. The van der Waals surface area contributed by atoms with Crippen LogP contribution in [0.3, 0.4) is 0 Å². The molecule has 2 aromatic heterocycles. The molecule has 0 spiro atoms. The monoisotopic (exact) mass is 371 g/mol. The molecule has 2 fully saturated rings. The Labute approximate surface area is 160 Å². The Morgan fingerprint density at radius 1 is 1.26 bits per heavy atom. The quantitative estimate of drug-likeness (QED) is 0.875. The summed E-state index contributed by atoms with van der Waals surface area (Å²) in [6, 6.07) is 2.46. The summed E-state index contributed by atoms with van der Waals surface area (Å²) in [5.41, 5.74) is 0.431. The number of amides is 1. The van der Waals surface area contributed by atoms with Crippen molar-refractivity contribution in [2.45, 2.75) is 51.7 Å². The smallest absolute Gasteiger partial charge is 0.410 e. The van der Waals surface area contributed by atoms with Gasteiger partial charge in [0.25, 0.3) is 0 Å². The largest absolute Gasteiger partial charge is 0.444 e. The van der Waals surface area contributed by atoms with Gasteiger partial charge in [0.2, 0.25) is 0 Å². The van der Waals surface area contributed by atoms with Crippen LogP contribution in [0.1, 0.15) is 40.0 Å². The van der Waals surface area contributed by atoms with E-state index < -0.39 is 5.60 Å². The number of ether oxygens (including phenoxy) is 1. The van der Waals surface area contributed by atoms with E-state index in [4.69, 9.17) is 4.74 Å². The molecule has 4 rings (SSSR count). The maximum atomic E-state index is 12.4. The fraction of sp³-hybridized carbons (Fsp3) is 0.650. The second-order valence-electron chi connectivity index (χ2n) is 8.92. The summed E-state index contributed by atoms with van der Waals surface area (Å²) in [5.74, 6) is 2.09. The van der Waals surface area contributed by atoms with Gasteiger partial charge in [-0.1, -0.05) is 0 Å². The van der Waals surface area contributed by atoms with Gasteiger partial charge >= 0.3 is 6.09 Å². The molecule has 27 heavy (non-hydrogen) atoms. The van der Waals surface area contributed by atoms with E-state index in [0.29, 0.717) is 17.9 Å². The molecular formula is C20H29N5O2. The maximum Gasteiger partial charge on any atom is 0.410 e. The number of hydrogen-bond donors (Lipinski definition) is 1. The molecule has 2 aromatic rings. The summed E-state index contributed by atoms with van der Waals surface area (Å²) >= 11 is 0. The SMILES string of the molecule is CN(c1ncnc2[nH]ccc12)C1CC[C@H]2CN(C(=O)OC(C)(C)C)C[C@@H]2C1. The number of carbonyl (C=O) groups is 1. The molecule has 0 bridgehead atoms. The molecule has 3 heterocycles. The highest BCUT2D eigenvalue weighted by molar-refractivity contribution is 5.87. The van der Waals surface area contributed by atoms with Crippen molar-refractivity contribution in [1.29, 1.82) is 0 Å². The first-order valence-corrected chi connectivity index (χ1v) is 9.80. The first-order chi connectivity index (χ1) is 12.8. The van der Waals surface area contributed by atoms with Crippen molar-refractivity contribution in [3.05, 3.63) is 18.6 Å². The lowest BCUT2D eigenvalue weighted by atomic mass is 9.78. The van der Waals surface area contributed by atoms with Crippen molar-refractivity contribution in [3.63, 3.8) is 0 Å². The van der Waals surface area contributed by atoms with Gasteiger partial charge in [0, 0.05) is 32.4 Å². The van der Waals surface area contributed by atoms with Gasteiger partial charge in [-0.05, 0) is 57.9 Å². The van der Waals surface area contributed by atoms with Crippen LogP contribution in [0.4, 0.5) is 10.6 Å². The summed E-state index contributed by atoms with van der Waals surface area (Å²) in [5, 5.41) is 1.06. The number of nitrogens with zero attached hydrogens (tertiary/aromatic N) is 4. The Morgan fingerprint density at radius 2 is 2.04 bits per heavy atom. The molecule has 1 unspecified atom stereocenters. The molecule has 0 radical (unpaired) electrons. The lowest BCUT2D eigenvalue weighted by Crippen LogP contribution is -2.39. The molecule has 1 N–H and O–H groups in total. The van der Waals surface area contributed by atoms with Crippen LogP contribution in [0.5, 0.6) is 0 Å². The van der Waals surface area contributed by atoms with Crippen molar-refractivity contribution >= 4 is 22.9 Å². The van der Waals surface area contributed by atoms with Crippen LogP contribution in [0.2, 0.25) is 0 Å². The van der Waals surface area contributed by atoms with Gasteiger partial charge in [-0.15, -0.1) is 0 Å². The molecule has 1 saturated carbocycles. The van der Waals surface area contributed by atoms with Crippen LogP contribution < -0.4 is 4.90 Å². The summed E-state index contributed by atoms with van der Waals surface area (Å²) in [7, 11) is 2.13. The van der Waals surface area contributed by atoms with Crippen LogP contribution >= 0.6 is 0 Å². The van der Waals surface area contributed by atoms with Gasteiger partial charge in [0.15, 0.2) is 0 Å². The minimum absolute atomic E-state index is 0.174. The van der Waals surface area contributed by atoms with Gasteiger partial charge in [-0.2, -0.15) is 0 Å². The van der Waals surface area contributed by atoms with E-state index in [9.17, 15) is 4.79 Å². The lowest BCUT2D eigenvalue weighted by Gasteiger charge is -2.37. The third-order valence-corrected chi connectivity index (χ3v) is 5.89. The molecule has 0 aromatic carbocycles. The van der Waals surface area contributed by atoms with Crippen molar-refractivity contribution in [2.24, 2.45) is 11.8 Å². The van der Waals surface area contributed by atoms with Gasteiger partial charge < -0.3 is 19.5 Å². The molecule has 1 saturated heterocycles. The second kappa shape index (κ2) is 6.69. The molecule has 7 nitrogen and oxygen atoms in total. The first kappa shape index (κ1) is 18.1. The van der Waals surface area contributed by atoms with E-state index in [1.165, 1.54) is 0 Å². The lowest BCUT2D eigenvalue weighted by molar-refractivity contribution is 0.0284. The van der Waals surface area contributed by atoms with Crippen LogP contribution in [-0.2, 0) is 4.74 Å². The van der Waals surface area contributed by atoms with Crippen molar-refractivity contribution in [2.75, 3.05) is 25.0 Å². The number of aromatic amines is 1. The molecule has 146 valence electrons. The Balaban J connectivity index is 1.44. The summed E-state index contributed by atoms with van der Waals surface area (Å²) in [6.45, 7) is 7.38. The van der Waals surface area contributed by atoms with E-state index in [2.05, 4.69) is 26.9 Å². The average Bonchev–Trinajstić information content (AvgIpc) is 3.25. The molecular weight excluding hydrogens is 342 g/mol. The number of hydrogen-bond acceptors (Lipinski definition) is 5. The molecule has 1 aliphatic heterocycles. The third-order valence-electron chi connectivity index (χ3n) is 5.89. The van der Waals surface area contributed by atoms with Crippen LogP contribution in [0, 0.1) is 11.8 Å². The van der Waals surface area contributed by atoms with E-state index in [-0.39, 0.29) is 6.09 Å². The van der Waals surface area contributed by atoms with Crippen molar-refractivity contribution in [1.82, 2.24) is 19.9 Å². The maximum absolute atomic E-state index is 12.4. The Kier molecular flexibility index (Phi) is 4.48. The van der Waals surface area contributed by atoms with Crippen LogP contribution in [0.15, 0.2) is 18.6 Å². The Bertz CT molecular complexity index is 827. The molecule has 1 aliphatic carbocycles. The second-order valence-corrected chi connectivity index (χ2v) is 8.92. The van der Waals surface area contributed by atoms with Crippen LogP contribution in [0.25, 0.3) is 11.0 Å². The van der Waals surface area contributed by atoms with Gasteiger partial charge in [0.05, 0.1) is 5.39 Å². The van der Waals surface area contributed by atoms with Gasteiger partial charge in [-0.25, -0.2) is 14.8 Å². The molecule has 1 amide bonds. The molecule has 2 aliphatic rings. The number of rotatable bonds is 2. The topological polar surface area (TPSA) is 74.4 Å². The fourth-order valence-electron chi connectivity index (χ4n) is 4.55. The average molecular weight is 371 g/mol. The highest BCUT2D eigenvalue weighted by Gasteiger charge is 2.41. The van der Waals surface area contributed by atoms with Crippen LogP contribution in [-0.4, -0.2) is 57.7 Å². The zero-order chi connectivity index (χ0) is 19.2. The number of likely N-dealkylation sites (tertiary alicyclic amines) is 1. The van der Waals surface area contributed by atoms with E-state index in [1.54, 1.807) is 6.33 Å². The Hall–Kier alpha value is -2.31. The summed E-state index contributed by atoms with van der Waals surface area (Å²) in [6.07, 6.45) is 6.69. The minimum Gasteiger partial charge on any atom is -0.444 e. The number of aromatic nitrogens is 3. The number of carbonyl (C=O) groups excluding carboxylic acids is 1. The summed E-state index contributed by atoms with van der Waals surface area (Å²) in [4.78, 5) is 28.6. The number of nitrogens with one attached hydrogen (secondary N) is 1. The highest BCUT2D eigenvalue weighted by atomic mass is 16.6. The van der Waals surface area contributed by atoms with Crippen molar-refractivity contribution in [3.8, 4) is 0 Å².